The van der Waals surface area contributed by atoms with Gasteiger partial charge in [0.15, 0.2) is 6.29 Å². The van der Waals surface area contributed by atoms with Crippen LogP contribution in [0.1, 0.15) is 303 Å². The predicted molar refractivity (Wildman–Crippen MR) is 295 cm³/mol. The first-order valence-corrected chi connectivity index (χ1v) is 30.6. The first-order chi connectivity index (χ1) is 34.3. The molecule has 0 saturated carbocycles. The zero-order valence-corrected chi connectivity index (χ0v) is 46.0. The summed E-state index contributed by atoms with van der Waals surface area (Å²) in [5, 5.41) is 54.4. The number of allylic oxidation sites excluding steroid dienone is 3. The van der Waals surface area contributed by atoms with E-state index in [1.54, 1.807) is 6.08 Å². The molecule has 7 atom stereocenters. The van der Waals surface area contributed by atoms with E-state index in [9.17, 15) is 30.3 Å². The quantitative estimate of drug-likeness (QED) is 0.0261. The lowest BCUT2D eigenvalue weighted by Gasteiger charge is -2.40. The zero-order chi connectivity index (χ0) is 50.8. The summed E-state index contributed by atoms with van der Waals surface area (Å²) in [6, 6.07) is -0.818. The summed E-state index contributed by atoms with van der Waals surface area (Å²) in [6.45, 7) is 3.79. The van der Waals surface area contributed by atoms with Gasteiger partial charge in [-0.3, -0.25) is 4.79 Å². The van der Waals surface area contributed by atoms with Gasteiger partial charge in [-0.2, -0.15) is 0 Å². The third-order valence-corrected chi connectivity index (χ3v) is 14.8. The summed E-state index contributed by atoms with van der Waals surface area (Å²) in [7, 11) is 0. The van der Waals surface area contributed by atoms with Gasteiger partial charge in [0.05, 0.1) is 25.4 Å². The largest absolute Gasteiger partial charge is 0.394 e. The Morgan fingerprint density at radius 2 is 0.814 bits per heavy atom. The lowest BCUT2D eigenvalue weighted by atomic mass is 9.99. The number of rotatable bonds is 53. The van der Waals surface area contributed by atoms with E-state index in [0.717, 1.165) is 38.5 Å². The molecular weight excluding hydrogens is 875 g/mol. The predicted octanol–water partition coefficient (Wildman–Crippen LogP) is 15.4. The average Bonchev–Trinajstić information content (AvgIpc) is 3.36. The monoisotopic (exact) mass is 992 g/mol. The Hall–Kier alpha value is -1.33. The Balaban J connectivity index is 2.11. The van der Waals surface area contributed by atoms with Crippen LogP contribution < -0.4 is 5.32 Å². The molecule has 1 amide bonds. The second-order valence-corrected chi connectivity index (χ2v) is 21.5. The SMILES string of the molecule is CCCCCCCCCCC/C=C/CC/C=C/C(O)C(COC1OC(CO)C(O)C(O)C1O)NC(=O)CCCCCCCCCCCCCCCCCCCCCCCCCCCCCCCCCC. The van der Waals surface area contributed by atoms with Crippen LogP contribution in [0.2, 0.25) is 0 Å². The fourth-order valence-corrected chi connectivity index (χ4v) is 9.94. The maximum Gasteiger partial charge on any atom is 0.220 e. The van der Waals surface area contributed by atoms with Crippen LogP contribution in [0.3, 0.4) is 0 Å². The highest BCUT2D eigenvalue weighted by Crippen LogP contribution is 2.23. The number of aliphatic hydroxyl groups is 5. The minimum atomic E-state index is -1.57. The fraction of sp³-hybridized carbons (Fsp3) is 0.918. The van der Waals surface area contributed by atoms with Crippen molar-refractivity contribution in [3.63, 3.8) is 0 Å². The molecule has 1 saturated heterocycles. The average molecular weight is 993 g/mol. The number of hydrogen-bond donors (Lipinski definition) is 6. The molecule has 0 aromatic rings. The van der Waals surface area contributed by atoms with Gasteiger partial charge >= 0.3 is 0 Å². The minimum absolute atomic E-state index is 0.181. The van der Waals surface area contributed by atoms with Crippen molar-refractivity contribution in [1.29, 1.82) is 0 Å². The fourth-order valence-electron chi connectivity index (χ4n) is 9.94. The maximum absolute atomic E-state index is 13.0. The molecule has 0 aliphatic carbocycles. The molecule has 1 fully saturated rings. The van der Waals surface area contributed by atoms with Gasteiger partial charge in [-0.15, -0.1) is 0 Å². The van der Waals surface area contributed by atoms with Crippen LogP contribution in [-0.2, 0) is 14.3 Å². The lowest BCUT2D eigenvalue weighted by Crippen LogP contribution is -2.60. The highest BCUT2D eigenvalue weighted by Gasteiger charge is 2.44. The van der Waals surface area contributed by atoms with Crippen LogP contribution in [0, 0.1) is 0 Å². The molecule has 9 heteroatoms. The van der Waals surface area contributed by atoms with Crippen molar-refractivity contribution in [2.24, 2.45) is 0 Å². The summed E-state index contributed by atoms with van der Waals surface area (Å²) >= 11 is 0. The number of hydrogen-bond acceptors (Lipinski definition) is 8. The van der Waals surface area contributed by atoms with Gasteiger partial charge in [0, 0.05) is 6.42 Å². The minimum Gasteiger partial charge on any atom is -0.394 e. The Labute approximate surface area is 432 Å². The van der Waals surface area contributed by atoms with E-state index < -0.39 is 49.5 Å². The number of carbonyl (C=O) groups is 1. The molecule has 0 spiro atoms. The first-order valence-electron chi connectivity index (χ1n) is 30.6. The first kappa shape index (κ1) is 66.7. The number of amides is 1. The van der Waals surface area contributed by atoms with Crippen LogP contribution in [0.15, 0.2) is 24.3 Å². The van der Waals surface area contributed by atoms with Crippen molar-refractivity contribution >= 4 is 5.91 Å². The second-order valence-electron chi connectivity index (χ2n) is 21.5. The van der Waals surface area contributed by atoms with E-state index in [4.69, 9.17) is 9.47 Å². The molecule has 1 rings (SSSR count). The van der Waals surface area contributed by atoms with Crippen LogP contribution >= 0.6 is 0 Å². The van der Waals surface area contributed by atoms with E-state index in [1.165, 1.54) is 244 Å². The number of carbonyl (C=O) groups excluding carboxylic acids is 1. The van der Waals surface area contributed by atoms with Crippen molar-refractivity contribution in [1.82, 2.24) is 5.32 Å². The van der Waals surface area contributed by atoms with Crippen molar-refractivity contribution in [2.45, 2.75) is 346 Å². The standard InChI is InChI=1S/C61H117NO8/c1-3-5-7-9-11-13-15-17-19-20-21-22-23-24-25-26-27-28-29-30-31-32-33-34-35-37-39-41-43-45-47-49-51-57(65)62-54(53-69-61-60(68)59(67)58(66)56(52-63)70-61)55(64)50-48-46-44-42-40-38-36-18-16-14-12-10-8-6-4-2/h40,42,48,50,54-56,58-61,63-64,66-68H,3-39,41,43-47,49,51-53H2,1-2H3,(H,62,65)/b42-40+,50-48+. The molecule has 0 radical (unpaired) electrons. The summed E-state index contributed by atoms with van der Waals surface area (Å²) in [5.41, 5.74) is 0. The Morgan fingerprint density at radius 1 is 0.471 bits per heavy atom. The molecule has 0 aromatic carbocycles. The summed E-state index contributed by atoms with van der Waals surface area (Å²) in [4.78, 5) is 13.0. The van der Waals surface area contributed by atoms with Gasteiger partial charge in [0.25, 0.3) is 0 Å². The number of ether oxygens (including phenoxy) is 2. The van der Waals surface area contributed by atoms with E-state index in [1.807, 2.05) is 6.08 Å². The Bertz CT molecular complexity index is 1150. The molecule has 0 bridgehead atoms. The van der Waals surface area contributed by atoms with Gasteiger partial charge in [-0.1, -0.05) is 289 Å². The Kier molecular flexibility index (Phi) is 48.7. The summed E-state index contributed by atoms with van der Waals surface area (Å²) < 4.78 is 11.3. The molecular formula is C61H117NO8. The van der Waals surface area contributed by atoms with Crippen LogP contribution in [0.25, 0.3) is 0 Å². The lowest BCUT2D eigenvalue weighted by molar-refractivity contribution is -0.302. The van der Waals surface area contributed by atoms with Crippen LogP contribution in [-0.4, -0.2) is 87.5 Å². The third kappa shape index (κ3) is 40.1. The van der Waals surface area contributed by atoms with E-state index in [2.05, 4.69) is 31.3 Å². The molecule has 414 valence electrons. The van der Waals surface area contributed by atoms with Crippen LogP contribution in [0.5, 0.6) is 0 Å². The van der Waals surface area contributed by atoms with Crippen molar-refractivity contribution in [3.8, 4) is 0 Å². The highest BCUT2D eigenvalue weighted by atomic mass is 16.7. The molecule has 1 aliphatic heterocycles. The topological polar surface area (TPSA) is 149 Å². The van der Waals surface area contributed by atoms with E-state index >= 15 is 0 Å². The van der Waals surface area contributed by atoms with Gasteiger partial charge in [0.1, 0.15) is 24.4 Å². The van der Waals surface area contributed by atoms with Crippen LogP contribution in [0.4, 0.5) is 0 Å². The number of aliphatic hydroxyl groups excluding tert-OH is 5. The summed E-state index contributed by atoms with van der Waals surface area (Å²) in [6.07, 6.45) is 58.5. The second kappa shape index (κ2) is 51.2. The van der Waals surface area contributed by atoms with Gasteiger partial charge in [-0.05, 0) is 32.1 Å². The third-order valence-electron chi connectivity index (χ3n) is 14.8. The van der Waals surface area contributed by atoms with Crippen molar-refractivity contribution < 1.29 is 39.8 Å². The molecule has 1 heterocycles. The maximum atomic E-state index is 13.0. The normalized spacial score (nSPS) is 19.4. The smallest absolute Gasteiger partial charge is 0.220 e. The van der Waals surface area contributed by atoms with Crippen molar-refractivity contribution in [2.75, 3.05) is 13.2 Å². The van der Waals surface area contributed by atoms with E-state index in [-0.39, 0.29) is 12.5 Å². The van der Waals surface area contributed by atoms with Crippen molar-refractivity contribution in [3.05, 3.63) is 24.3 Å². The molecule has 7 unspecified atom stereocenters. The molecule has 0 aromatic heterocycles. The molecule has 70 heavy (non-hydrogen) atoms. The number of nitrogens with one attached hydrogen (secondary N) is 1. The van der Waals surface area contributed by atoms with Gasteiger partial charge in [-0.25, -0.2) is 0 Å². The van der Waals surface area contributed by atoms with Gasteiger partial charge < -0.3 is 40.3 Å². The number of unbranched alkanes of at least 4 members (excludes halogenated alkanes) is 41. The van der Waals surface area contributed by atoms with E-state index in [0.29, 0.717) is 6.42 Å². The molecule has 1 aliphatic rings. The molecule has 6 N–H and O–H groups in total. The highest BCUT2D eigenvalue weighted by molar-refractivity contribution is 5.76. The van der Waals surface area contributed by atoms with Gasteiger partial charge in [0.2, 0.25) is 5.91 Å². The Morgan fingerprint density at radius 3 is 1.20 bits per heavy atom. The molecule has 9 nitrogen and oxygen atoms in total. The zero-order valence-electron chi connectivity index (χ0n) is 46.0. The summed E-state index contributed by atoms with van der Waals surface area (Å²) in [5.74, 6) is -0.181.